The first-order valence-corrected chi connectivity index (χ1v) is 7.40. The molecule has 0 saturated heterocycles. The second-order valence-corrected chi connectivity index (χ2v) is 6.41. The lowest BCUT2D eigenvalue weighted by atomic mass is 10.3. The van der Waals surface area contributed by atoms with Crippen molar-refractivity contribution in [3.63, 3.8) is 0 Å². The summed E-state index contributed by atoms with van der Waals surface area (Å²) in [5.74, 6) is 0.178. The van der Waals surface area contributed by atoms with Gasteiger partial charge >= 0.3 is 0 Å². The summed E-state index contributed by atoms with van der Waals surface area (Å²) in [6, 6.07) is 2.79. The Labute approximate surface area is 106 Å². The van der Waals surface area contributed by atoms with Crippen LogP contribution < -0.4 is 4.74 Å². The second-order valence-electron chi connectivity index (χ2n) is 2.59. The van der Waals surface area contributed by atoms with Gasteiger partial charge in [-0.05, 0) is 35.0 Å². The SMILES string of the molecule is CCOc1c(Br)cc(Cl)cc1S(=O)(=O)Cl. The molecule has 1 aromatic carbocycles. The molecule has 0 unspecified atom stereocenters. The first-order valence-electron chi connectivity index (χ1n) is 3.92. The molecule has 0 saturated carbocycles. The molecule has 15 heavy (non-hydrogen) atoms. The van der Waals surface area contributed by atoms with Crippen molar-refractivity contribution < 1.29 is 13.2 Å². The molecule has 0 aliphatic heterocycles. The summed E-state index contributed by atoms with van der Waals surface area (Å²) in [4.78, 5) is -0.134. The van der Waals surface area contributed by atoms with Crippen molar-refractivity contribution in [2.24, 2.45) is 0 Å². The van der Waals surface area contributed by atoms with E-state index in [0.717, 1.165) is 0 Å². The van der Waals surface area contributed by atoms with Crippen LogP contribution in [0.3, 0.4) is 0 Å². The minimum absolute atomic E-state index is 0.134. The van der Waals surface area contributed by atoms with Crippen molar-refractivity contribution in [2.75, 3.05) is 6.61 Å². The topological polar surface area (TPSA) is 43.4 Å². The fraction of sp³-hybridized carbons (Fsp3) is 0.250. The van der Waals surface area contributed by atoms with Crippen LogP contribution in [0, 0.1) is 0 Å². The van der Waals surface area contributed by atoms with Crippen molar-refractivity contribution in [1.29, 1.82) is 0 Å². The van der Waals surface area contributed by atoms with Gasteiger partial charge in [-0.1, -0.05) is 11.6 Å². The zero-order valence-corrected chi connectivity index (χ0v) is 11.5. The highest BCUT2D eigenvalue weighted by molar-refractivity contribution is 9.10. The average Bonchev–Trinajstić information content (AvgIpc) is 2.07. The van der Waals surface area contributed by atoms with Crippen molar-refractivity contribution in [1.82, 2.24) is 0 Å². The largest absolute Gasteiger partial charge is 0.491 e. The van der Waals surface area contributed by atoms with Crippen LogP contribution in [-0.2, 0) is 9.05 Å². The Morgan fingerprint density at radius 1 is 1.47 bits per heavy atom. The van der Waals surface area contributed by atoms with E-state index in [4.69, 9.17) is 27.0 Å². The maximum atomic E-state index is 11.2. The molecule has 0 aromatic heterocycles. The third kappa shape index (κ3) is 3.24. The monoisotopic (exact) mass is 332 g/mol. The molecule has 7 heteroatoms. The summed E-state index contributed by atoms with van der Waals surface area (Å²) in [5.41, 5.74) is 0. The van der Waals surface area contributed by atoms with E-state index >= 15 is 0 Å². The van der Waals surface area contributed by atoms with E-state index in [1.54, 1.807) is 6.92 Å². The van der Waals surface area contributed by atoms with Crippen molar-refractivity contribution >= 4 is 47.3 Å². The highest BCUT2D eigenvalue weighted by Gasteiger charge is 2.20. The second kappa shape index (κ2) is 4.91. The summed E-state index contributed by atoms with van der Waals surface area (Å²) >= 11 is 8.88. The van der Waals surface area contributed by atoms with Gasteiger partial charge in [-0.3, -0.25) is 0 Å². The summed E-state index contributed by atoms with van der Waals surface area (Å²) < 4.78 is 28.1. The molecule has 1 rings (SSSR count). The Bertz CT molecular complexity index is 473. The number of halogens is 3. The lowest BCUT2D eigenvalue weighted by molar-refractivity contribution is 0.329. The molecule has 0 N–H and O–H groups in total. The van der Waals surface area contributed by atoms with Crippen LogP contribution >= 0.6 is 38.2 Å². The molecule has 0 aliphatic carbocycles. The highest BCUT2D eigenvalue weighted by Crippen LogP contribution is 2.37. The maximum Gasteiger partial charge on any atom is 0.265 e. The Kier molecular flexibility index (Phi) is 4.29. The van der Waals surface area contributed by atoms with E-state index < -0.39 is 9.05 Å². The molecule has 84 valence electrons. The summed E-state index contributed by atoms with van der Waals surface area (Å²) in [6.45, 7) is 2.07. The Hall–Kier alpha value is 0.0300. The van der Waals surface area contributed by atoms with Crippen LogP contribution in [0.1, 0.15) is 6.92 Å². The molecular formula is C8H7BrCl2O3S. The van der Waals surface area contributed by atoms with E-state index in [1.165, 1.54) is 12.1 Å². The first-order chi connectivity index (χ1) is 6.86. The van der Waals surface area contributed by atoms with E-state index in [-0.39, 0.29) is 15.7 Å². The lowest BCUT2D eigenvalue weighted by Gasteiger charge is -2.10. The molecule has 0 radical (unpaired) electrons. The van der Waals surface area contributed by atoms with Crippen molar-refractivity contribution in [2.45, 2.75) is 11.8 Å². The minimum Gasteiger partial charge on any atom is -0.491 e. The van der Waals surface area contributed by atoms with E-state index in [9.17, 15) is 8.42 Å². The van der Waals surface area contributed by atoms with Gasteiger partial charge in [0.15, 0.2) is 5.75 Å². The lowest BCUT2D eigenvalue weighted by Crippen LogP contribution is -2.00. The molecule has 0 atom stereocenters. The van der Waals surface area contributed by atoms with E-state index in [1.807, 2.05) is 0 Å². The number of hydrogen-bond donors (Lipinski definition) is 0. The van der Waals surface area contributed by atoms with Crippen LogP contribution in [0.4, 0.5) is 0 Å². The molecule has 0 spiro atoms. The zero-order valence-electron chi connectivity index (χ0n) is 7.63. The van der Waals surface area contributed by atoms with Gasteiger partial charge in [0.1, 0.15) is 4.90 Å². The zero-order chi connectivity index (χ0) is 11.6. The van der Waals surface area contributed by atoms with Gasteiger partial charge in [-0.15, -0.1) is 0 Å². The van der Waals surface area contributed by atoms with Crippen LogP contribution in [0.25, 0.3) is 0 Å². The van der Waals surface area contributed by atoms with Crippen LogP contribution in [0.5, 0.6) is 5.75 Å². The fourth-order valence-corrected chi connectivity index (χ4v) is 3.12. The molecule has 3 nitrogen and oxygen atoms in total. The first kappa shape index (κ1) is 13.1. The third-order valence-corrected chi connectivity index (χ3v) is 3.66. The van der Waals surface area contributed by atoms with Gasteiger partial charge in [0.2, 0.25) is 0 Å². The molecule has 0 aliphatic rings. The van der Waals surface area contributed by atoms with Crippen LogP contribution in [0.2, 0.25) is 5.02 Å². The van der Waals surface area contributed by atoms with E-state index in [2.05, 4.69) is 15.9 Å². The smallest absolute Gasteiger partial charge is 0.265 e. The van der Waals surface area contributed by atoms with Crippen molar-refractivity contribution in [3.05, 3.63) is 21.6 Å². The summed E-state index contributed by atoms with van der Waals surface area (Å²) in [7, 11) is 1.39. The molecule has 0 amide bonds. The summed E-state index contributed by atoms with van der Waals surface area (Å²) in [6.07, 6.45) is 0. The third-order valence-electron chi connectivity index (χ3n) is 1.53. The van der Waals surface area contributed by atoms with Crippen LogP contribution in [-0.4, -0.2) is 15.0 Å². The van der Waals surface area contributed by atoms with Gasteiger partial charge in [0.05, 0.1) is 11.1 Å². The minimum atomic E-state index is -3.87. The standard InChI is InChI=1S/C8H7BrCl2O3S/c1-2-14-8-6(9)3-5(10)4-7(8)15(11,12)13/h3-4H,2H2,1H3. The van der Waals surface area contributed by atoms with Gasteiger partial charge in [-0.2, -0.15) is 0 Å². The fourth-order valence-electron chi connectivity index (χ4n) is 1.00. The van der Waals surface area contributed by atoms with Gasteiger partial charge < -0.3 is 4.74 Å². The van der Waals surface area contributed by atoms with E-state index in [0.29, 0.717) is 11.1 Å². The number of ether oxygens (including phenoxy) is 1. The average molecular weight is 334 g/mol. The Balaban J connectivity index is 3.47. The molecule has 0 heterocycles. The van der Waals surface area contributed by atoms with Gasteiger partial charge in [0.25, 0.3) is 9.05 Å². The van der Waals surface area contributed by atoms with Gasteiger partial charge in [-0.25, -0.2) is 8.42 Å². The normalized spacial score (nSPS) is 11.5. The molecular weight excluding hydrogens is 327 g/mol. The van der Waals surface area contributed by atoms with Gasteiger partial charge in [0, 0.05) is 15.7 Å². The van der Waals surface area contributed by atoms with Crippen molar-refractivity contribution in [3.8, 4) is 5.75 Å². The van der Waals surface area contributed by atoms with Crippen LogP contribution in [0.15, 0.2) is 21.5 Å². The number of hydrogen-bond acceptors (Lipinski definition) is 3. The Morgan fingerprint density at radius 2 is 2.07 bits per heavy atom. The quantitative estimate of drug-likeness (QED) is 0.796. The highest BCUT2D eigenvalue weighted by atomic mass is 79.9. The maximum absolute atomic E-state index is 11.2. The molecule has 1 aromatic rings. The molecule has 0 fully saturated rings. The predicted molar refractivity (Wildman–Crippen MR) is 63.4 cm³/mol. The molecule has 0 bridgehead atoms. The Morgan fingerprint density at radius 3 is 2.53 bits per heavy atom. The number of benzene rings is 1. The predicted octanol–water partition coefficient (Wildman–Crippen LogP) is 3.43. The summed E-state index contributed by atoms with van der Waals surface area (Å²) in [5, 5.41) is 0.268. The number of rotatable bonds is 3.